The van der Waals surface area contributed by atoms with E-state index in [1.54, 1.807) is 31.2 Å². The van der Waals surface area contributed by atoms with Crippen molar-refractivity contribution in [3.05, 3.63) is 112 Å². The van der Waals surface area contributed by atoms with Crippen LogP contribution in [0.4, 0.5) is 15.8 Å². The maximum absolute atomic E-state index is 14.6. The number of phenolic OH excluding ortho intramolecular Hbond substituents is 1. The van der Waals surface area contributed by atoms with Crippen LogP contribution in [0.15, 0.2) is 85.0 Å². The highest BCUT2D eigenvalue weighted by Crippen LogP contribution is 2.64. The Balaban J connectivity index is 1.38. The number of aromatic carboxylic acids is 1. The summed E-state index contributed by atoms with van der Waals surface area (Å²) in [5, 5.41) is 20.9. The van der Waals surface area contributed by atoms with Crippen molar-refractivity contribution < 1.29 is 38.6 Å². The first-order valence-corrected chi connectivity index (χ1v) is 15.9. The minimum absolute atomic E-state index is 0.0597. The van der Waals surface area contributed by atoms with E-state index in [1.807, 2.05) is 6.08 Å². The van der Waals surface area contributed by atoms with E-state index < -0.39 is 70.4 Å². The molecular weight excluding hydrogens is 639 g/mol. The molecule has 4 aliphatic rings. The first kappa shape index (κ1) is 31.5. The Labute approximate surface area is 279 Å². The Hall–Kier alpha value is -5.09. The maximum Gasteiger partial charge on any atom is 0.335 e. The molecule has 2 heterocycles. The van der Waals surface area contributed by atoms with Crippen LogP contribution in [-0.2, 0) is 25.6 Å². The van der Waals surface area contributed by atoms with Gasteiger partial charge in [0, 0.05) is 11.5 Å². The van der Waals surface area contributed by atoms with Gasteiger partial charge in [-0.1, -0.05) is 53.6 Å². The van der Waals surface area contributed by atoms with Gasteiger partial charge in [0.2, 0.25) is 23.6 Å². The van der Waals surface area contributed by atoms with Crippen molar-refractivity contribution in [2.75, 3.05) is 9.80 Å². The van der Waals surface area contributed by atoms with Crippen LogP contribution in [0.5, 0.6) is 5.75 Å². The molecule has 4 amide bonds. The lowest BCUT2D eigenvalue weighted by molar-refractivity contribution is -0.131. The average molecular weight is 669 g/mol. The Bertz CT molecular complexity index is 2010. The van der Waals surface area contributed by atoms with Crippen LogP contribution in [0.1, 0.15) is 47.2 Å². The van der Waals surface area contributed by atoms with E-state index in [0.29, 0.717) is 23.1 Å². The molecular formula is C37H30ClFN2O7. The van der Waals surface area contributed by atoms with Crippen molar-refractivity contribution in [3.8, 4) is 5.75 Å². The van der Waals surface area contributed by atoms with Gasteiger partial charge in [-0.25, -0.2) is 14.1 Å². The molecule has 2 aliphatic carbocycles. The fourth-order valence-corrected chi connectivity index (χ4v) is 8.60. The van der Waals surface area contributed by atoms with Crippen molar-refractivity contribution in [2.24, 2.45) is 29.1 Å². The zero-order chi connectivity index (χ0) is 34.2. The lowest BCUT2D eigenvalue weighted by Gasteiger charge is -2.49. The second-order valence-electron chi connectivity index (χ2n) is 13.0. The van der Waals surface area contributed by atoms with E-state index >= 15 is 0 Å². The molecule has 0 spiro atoms. The second-order valence-corrected chi connectivity index (χ2v) is 13.4. The molecule has 2 saturated heterocycles. The first-order chi connectivity index (χ1) is 22.9. The fraction of sp³-hybridized carbons (Fsp3) is 0.270. The van der Waals surface area contributed by atoms with Gasteiger partial charge in [-0.15, -0.1) is 6.58 Å². The molecule has 3 fully saturated rings. The summed E-state index contributed by atoms with van der Waals surface area (Å²) in [4.78, 5) is 70.7. The van der Waals surface area contributed by atoms with Crippen molar-refractivity contribution in [2.45, 2.75) is 32.1 Å². The maximum atomic E-state index is 14.6. The molecule has 3 aromatic carbocycles. The number of rotatable bonds is 6. The van der Waals surface area contributed by atoms with Crippen LogP contribution in [-0.4, -0.2) is 39.8 Å². The van der Waals surface area contributed by atoms with Gasteiger partial charge in [-0.2, -0.15) is 0 Å². The summed E-state index contributed by atoms with van der Waals surface area (Å²) < 4.78 is 14.1. The van der Waals surface area contributed by atoms with Gasteiger partial charge in [0.15, 0.2) is 0 Å². The Morgan fingerprint density at radius 3 is 2.44 bits per heavy atom. The molecule has 9 nitrogen and oxygen atoms in total. The summed E-state index contributed by atoms with van der Waals surface area (Å²) in [7, 11) is 0. The summed E-state index contributed by atoms with van der Waals surface area (Å²) in [6.07, 6.45) is 4.06. The number of carbonyl (C=O) groups is 5. The number of phenols is 1. The molecule has 0 radical (unpaired) electrons. The number of carbonyl (C=O) groups excluding carboxylic acids is 4. The van der Waals surface area contributed by atoms with E-state index in [-0.39, 0.29) is 40.6 Å². The molecule has 6 unspecified atom stereocenters. The number of allylic oxidation sites excluding steroid dienone is 3. The first-order valence-electron chi connectivity index (χ1n) is 15.6. The van der Waals surface area contributed by atoms with Gasteiger partial charge in [-0.3, -0.25) is 24.1 Å². The normalized spacial score (nSPS) is 27.8. The third-order valence-electron chi connectivity index (χ3n) is 10.6. The third kappa shape index (κ3) is 4.38. The summed E-state index contributed by atoms with van der Waals surface area (Å²) in [5.74, 6) is -8.25. The molecule has 11 heteroatoms. The molecule has 0 bridgehead atoms. The van der Waals surface area contributed by atoms with Crippen LogP contribution in [0.25, 0.3) is 0 Å². The Morgan fingerprint density at radius 1 is 1.00 bits per heavy atom. The number of aromatic hydroxyl groups is 1. The quantitative estimate of drug-likeness (QED) is 0.242. The number of para-hydroxylation sites is 1. The highest BCUT2D eigenvalue weighted by Gasteiger charge is 2.68. The van der Waals surface area contributed by atoms with Crippen LogP contribution < -0.4 is 9.80 Å². The minimum Gasteiger partial charge on any atom is -0.507 e. The predicted octanol–water partition coefficient (Wildman–Crippen LogP) is 6.05. The number of nitrogens with zero attached hydrogens (tertiary/aromatic N) is 2. The van der Waals surface area contributed by atoms with Crippen molar-refractivity contribution >= 4 is 52.6 Å². The number of amides is 4. The number of carboxylic acid groups (broad SMARTS) is 1. The summed E-state index contributed by atoms with van der Waals surface area (Å²) in [6, 6.07) is 14.4. The summed E-state index contributed by atoms with van der Waals surface area (Å²) in [5.41, 5.74) is 0.359. The lowest BCUT2D eigenvalue weighted by atomic mass is 9.51. The number of anilines is 2. The van der Waals surface area contributed by atoms with Crippen LogP contribution >= 0.6 is 11.6 Å². The third-order valence-corrected chi connectivity index (χ3v) is 10.9. The lowest BCUT2D eigenvalue weighted by Crippen LogP contribution is -2.49. The van der Waals surface area contributed by atoms with Gasteiger partial charge in [-0.05, 0) is 74.1 Å². The van der Waals surface area contributed by atoms with E-state index in [0.717, 1.165) is 15.9 Å². The second kappa shape index (κ2) is 11.3. The molecule has 2 N–H and O–H groups in total. The molecule has 244 valence electrons. The smallest absolute Gasteiger partial charge is 0.335 e. The largest absolute Gasteiger partial charge is 0.507 e. The molecule has 7 rings (SSSR count). The van der Waals surface area contributed by atoms with Crippen LogP contribution in [0.2, 0.25) is 5.02 Å². The zero-order valence-corrected chi connectivity index (χ0v) is 26.5. The van der Waals surface area contributed by atoms with Gasteiger partial charge in [0.25, 0.3) is 0 Å². The molecule has 6 atom stereocenters. The zero-order valence-electron chi connectivity index (χ0n) is 25.7. The molecule has 3 aromatic rings. The van der Waals surface area contributed by atoms with Gasteiger partial charge in [0.1, 0.15) is 11.6 Å². The predicted molar refractivity (Wildman–Crippen MR) is 174 cm³/mol. The Kier molecular flexibility index (Phi) is 7.39. The van der Waals surface area contributed by atoms with Gasteiger partial charge in [0.05, 0.1) is 45.1 Å². The van der Waals surface area contributed by atoms with E-state index in [2.05, 4.69) is 6.58 Å². The van der Waals surface area contributed by atoms with Crippen molar-refractivity contribution in [1.29, 1.82) is 0 Å². The van der Waals surface area contributed by atoms with Crippen LogP contribution in [0.3, 0.4) is 0 Å². The number of hydrogen-bond donors (Lipinski definition) is 2. The number of fused-ring (bicyclic) bond motifs is 4. The van der Waals surface area contributed by atoms with E-state index in [1.165, 1.54) is 36.4 Å². The monoisotopic (exact) mass is 668 g/mol. The number of benzene rings is 3. The number of imide groups is 2. The van der Waals surface area contributed by atoms with Crippen molar-refractivity contribution in [3.63, 3.8) is 0 Å². The number of carboxylic acids is 1. The molecule has 48 heavy (non-hydrogen) atoms. The van der Waals surface area contributed by atoms with Gasteiger partial charge >= 0.3 is 5.97 Å². The van der Waals surface area contributed by atoms with E-state index in [9.17, 15) is 38.6 Å². The fourth-order valence-electron chi connectivity index (χ4n) is 8.43. The summed E-state index contributed by atoms with van der Waals surface area (Å²) >= 11 is 6.07. The van der Waals surface area contributed by atoms with Gasteiger partial charge < -0.3 is 10.2 Å². The number of hydrogen-bond acceptors (Lipinski definition) is 6. The Morgan fingerprint density at radius 2 is 1.73 bits per heavy atom. The molecule has 2 aliphatic heterocycles. The SMILES string of the molecule is C=CCc1cccc(C2C3=CCC4C(=O)N(c5cccc(C(=O)O)c5)C(=O)C4C3CC3C(=O)N(c4ccc(F)c(Cl)c4)C(=O)C32C)c1O. The summed E-state index contributed by atoms with van der Waals surface area (Å²) in [6.45, 7) is 5.46. The molecule has 1 saturated carbocycles. The van der Waals surface area contributed by atoms with E-state index in [4.69, 9.17) is 11.6 Å². The highest BCUT2D eigenvalue weighted by atomic mass is 35.5. The van der Waals surface area contributed by atoms with Crippen molar-refractivity contribution in [1.82, 2.24) is 0 Å². The topological polar surface area (TPSA) is 132 Å². The highest BCUT2D eigenvalue weighted by molar-refractivity contribution is 6.32. The number of halogens is 2. The average Bonchev–Trinajstić information content (AvgIpc) is 3.43. The minimum atomic E-state index is -1.43. The standard InChI is InChI=1S/C37H30ClFN2O7/c1-3-6-18-7-5-10-24(31(18)42)30-22-12-13-23-29(34(45)40(32(23)43)20-9-4-8-19(15-20)35(46)47)25(22)17-26-33(44)41(36(48)37(26,30)2)21-11-14-28(39)27(38)16-21/h3-5,7-12,14-16,23,25-26,29-30,42H,1,6,13,17H2,2H3,(H,46,47). The molecule has 0 aromatic heterocycles. The van der Waals surface area contributed by atoms with Crippen LogP contribution in [0, 0.1) is 34.9 Å².